The summed E-state index contributed by atoms with van der Waals surface area (Å²) < 4.78 is 37.9. The Morgan fingerprint density at radius 3 is 1.12 bits per heavy atom. The Labute approximate surface area is 158 Å². The van der Waals surface area contributed by atoms with Gasteiger partial charge in [-0.3, -0.25) is 0 Å². The van der Waals surface area contributed by atoms with E-state index in [9.17, 15) is 13.2 Å². The van der Waals surface area contributed by atoms with E-state index < -0.39 is 16.6 Å². The molecule has 0 N–H and O–H groups in total. The Kier molecular flexibility index (Phi) is 4.95. The molecule has 3 rings (SSSR count). The Bertz CT molecular complexity index is 734. The summed E-state index contributed by atoms with van der Waals surface area (Å²) in [5.41, 5.74) is 0. The van der Waals surface area contributed by atoms with Crippen LogP contribution in [0.1, 0.15) is 0 Å². The number of alkyl halides is 3. The van der Waals surface area contributed by atoms with Crippen LogP contribution in [0, 0.1) is 0 Å². The normalized spacial score (nSPS) is 13.8. The molecule has 0 nitrogen and oxygen atoms in total. The Balaban J connectivity index is 2.45. The molecule has 25 heavy (non-hydrogen) atoms. The molecule has 0 saturated carbocycles. The van der Waals surface area contributed by atoms with Crippen LogP contribution in [0.2, 0.25) is 0 Å². The van der Waals surface area contributed by atoms with E-state index >= 15 is 0 Å². The van der Waals surface area contributed by atoms with Crippen molar-refractivity contribution in [2.75, 3.05) is 6.16 Å². The summed E-state index contributed by atoms with van der Waals surface area (Å²) in [6, 6.07) is 27.4. The van der Waals surface area contributed by atoms with Crippen molar-refractivity contribution in [1.29, 1.82) is 0 Å². The maximum atomic E-state index is 13.9. The third-order valence-electron chi connectivity index (χ3n) is 4.36. The number of halogens is 4. The first-order valence-electron chi connectivity index (χ1n) is 7.81. The van der Waals surface area contributed by atoms with Crippen LogP contribution in [0.25, 0.3) is 0 Å². The van der Waals surface area contributed by atoms with Crippen LogP contribution in [0.4, 0.5) is 13.2 Å². The van der Waals surface area contributed by atoms with E-state index in [1.807, 2.05) is 91.0 Å². The van der Waals surface area contributed by atoms with Crippen molar-refractivity contribution in [2.24, 2.45) is 0 Å². The van der Waals surface area contributed by atoms with Gasteiger partial charge < -0.3 is 0 Å². The molecule has 0 atom stereocenters. The fraction of sp³-hybridized carbons (Fsp3) is 0.100. The van der Waals surface area contributed by atoms with Gasteiger partial charge in [0.2, 0.25) is 0 Å². The van der Waals surface area contributed by atoms with E-state index in [2.05, 4.69) is 22.0 Å². The molecule has 0 spiro atoms. The third-order valence-corrected chi connectivity index (χ3v) is 15.5. The summed E-state index contributed by atoms with van der Waals surface area (Å²) in [7, 11) is 0. The SMILES string of the molecule is FC(F)(F)CP(I)(c1ccccc1)(c1ccccc1)c1ccccc1. The van der Waals surface area contributed by atoms with Gasteiger partial charge in [0, 0.05) is 0 Å². The predicted octanol–water partition coefficient (Wildman–Crippen LogP) is 5.43. The van der Waals surface area contributed by atoms with Gasteiger partial charge in [0.25, 0.3) is 0 Å². The molecule has 0 radical (unpaired) electrons. The van der Waals surface area contributed by atoms with Gasteiger partial charge in [0.1, 0.15) is 0 Å². The number of rotatable bonds is 4. The van der Waals surface area contributed by atoms with E-state index in [-0.39, 0.29) is 0 Å². The molecule has 3 aromatic carbocycles. The standard InChI is InChI=1S/C20H17F3IP/c21-20(22,23)16-25(24,17-10-4-1-5-11-17,18-12-6-2-7-13-18)19-14-8-3-9-15-19/h1-15H,16H2. The molecule has 0 bridgehead atoms. The van der Waals surface area contributed by atoms with Crippen molar-refractivity contribution in [1.82, 2.24) is 0 Å². The Morgan fingerprint density at radius 2 is 0.880 bits per heavy atom. The van der Waals surface area contributed by atoms with E-state index in [4.69, 9.17) is 0 Å². The summed E-state index contributed by atoms with van der Waals surface area (Å²) in [5.74, 6) is 0. The maximum absolute atomic E-state index is 13.9. The topological polar surface area (TPSA) is 0 Å². The van der Waals surface area contributed by atoms with Gasteiger partial charge in [-0.25, -0.2) is 0 Å². The van der Waals surface area contributed by atoms with Gasteiger partial charge in [0.15, 0.2) is 0 Å². The van der Waals surface area contributed by atoms with Gasteiger partial charge in [-0.1, -0.05) is 0 Å². The average molecular weight is 472 g/mol. The molecule has 0 fully saturated rings. The number of hydrogen-bond donors (Lipinski definition) is 0. The van der Waals surface area contributed by atoms with Crippen LogP contribution in [-0.4, -0.2) is 12.3 Å². The summed E-state index contributed by atoms with van der Waals surface area (Å²) in [5, 5.41) is 2.22. The molecule has 0 aliphatic rings. The third kappa shape index (κ3) is 3.34. The van der Waals surface area contributed by atoms with Gasteiger partial charge in [-0.15, -0.1) is 0 Å². The zero-order chi connectivity index (χ0) is 18.0. The molecule has 5 heteroatoms. The van der Waals surface area contributed by atoms with Crippen LogP contribution in [0.5, 0.6) is 0 Å². The molecule has 0 unspecified atom stereocenters. The Hall–Kier alpha value is -1.39. The Morgan fingerprint density at radius 1 is 0.600 bits per heavy atom. The molecule has 0 aromatic heterocycles. The number of benzene rings is 3. The first-order valence-corrected chi connectivity index (χ1v) is 13.0. The van der Waals surface area contributed by atoms with Crippen LogP contribution < -0.4 is 15.9 Å². The molecule has 0 saturated heterocycles. The van der Waals surface area contributed by atoms with Crippen molar-refractivity contribution in [3.8, 4) is 0 Å². The summed E-state index contributed by atoms with van der Waals surface area (Å²) >= 11 is 2.14. The van der Waals surface area contributed by atoms with Crippen molar-refractivity contribution in [3.05, 3.63) is 91.0 Å². The fourth-order valence-electron chi connectivity index (χ4n) is 3.27. The van der Waals surface area contributed by atoms with E-state index in [0.29, 0.717) is 0 Å². The second-order valence-corrected chi connectivity index (χ2v) is 16.6. The van der Waals surface area contributed by atoms with Crippen LogP contribution in [0.15, 0.2) is 91.0 Å². The molecule has 0 heterocycles. The van der Waals surface area contributed by atoms with Crippen molar-refractivity contribution < 1.29 is 13.2 Å². The van der Waals surface area contributed by atoms with E-state index in [0.717, 1.165) is 15.9 Å². The molecular weight excluding hydrogens is 455 g/mol. The summed E-state index contributed by atoms with van der Waals surface area (Å²) in [4.78, 5) is 0. The van der Waals surface area contributed by atoms with Gasteiger partial charge in [-0.05, 0) is 0 Å². The molecule has 0 aliphatic carbocycles. The van der Waals surface area contributed by atoms with Crippen LogP contribution >= 0.6 is 26.3 Å². The van der Waals surface area contributed by atoms with Crippen molar-refractivity contribution in [2.45, 2.75) is 6.18 Å². The summed E-state index contributed by atoms with van der Waals surface area (Å²) in [6.07, 6.45) is -5.16. The minimum atomic E-state index is -4.29. The molecule has 130 valence electrons. The average Bonchev–Trinajstić information content (AvgIpc) is 2.63. The van der Waals surface area contributed by atoms with Crippen molar-refractivity contribution in [3.63, 3.8) is 0 Å². The first-order chi connectivity index (χ1) is 11.8. The molecule has 0 aliphatic heterocycles. The monoisotopic (exact) mass is 472 g/mol. The van der Waals surface area contributed by atoms with Gasteiger partial charge in [-0.2, -0.15) is 0 Å². The second-order valence-electron chi connectivity index (χ2n) is 5.96. The van der Waals surface area contributed by atoms with Crippen molar-refractivity contribution >= 4 is 42.2 Å². The fourth-order valence-corrected chi connectivity index (χ4v) is 11.8. The predicted molar refractivity (Wildman–Crippen MR) is 110 cm³/mol. The van der Waals surface area contributed by atoms with E-state index in [1.54, 1.807) is 0 Å². The van der Waals surface area contributed by atoms with Crippen LogP contribution in [-0.2, 0) is 0 Å². The summed E-state index contributed by atoms with van der Waals surface area (Å²) in [6.45, 7) is 0. The van der Waals surface area contributed by atoms with Gasteiger partial charge in [0.05, 0.1) is 0 Å². The molecule has 0 amide bonds. The van der Waals surface area contributed by atoms with Crippen LogP contribution in [0.3, 0.4) is 0 Å². The number of hydrogen-bond acceptors (Lipinski definition) is 0. The zero-order valence-corrected chi connectivity index (χ0v) is 16.4. The van der Waals surface area contributed by atoms with E-state index in [1.165, 1.54) is 0 Å². The second kappa shape index (κ2) is 6.73. The van der Waals surface area contributed by atoms with Gasteiger partial charge >= 0.3 is 159 Å². The minimum absolute atomic E-state index is 0.740. The quantitative estimate of drug-likeness (QED) is 0.351. The molecular formula is C20H17F3IP. The molecule has 3 aromatic rings. The zero-order valence-electron chi connectivity index (χ0n) is 13.3. The first kappa shape index (κ1) is 18.4.